The normalized spacial score (nSPS) is 26.4. The first-order valence-corrected chi connectivity index (χ1v) is 32.9. The average molecular weight is 1400 g/mol. The number of anilines is 1. The van der Waals surface area contributed by atoms with Crippen LogP contribution in [0.4, 0.5) is 5.69 Å². The SMILES string of the molecule is COc1cc(C[C@@H](O)[C@@H]2NC(=O)[C@@H]3C[C@@H](O)CN3C(=O)[C@H]([C@@H](C)O)NC(=O)[C@@H](NC(=O)c3ccc(-c4nnc(-c5ccc(N6CCN(C7CCCCC7)CC6)cc5)s4)cc3)C[C@@H](O)CNC(=O)[C@@H]3[C@@H](O)[C@@H](C)CN3C(=O)[C@H]([C@H](O)CCNC(CO)CO)NC2=O)ccc1O.Cl.Cl. The molecule has 4 saturated heterocycles. The molecule has 0 bridgehead atoms. The first-order valence-electron chi connectivity index (χ1n) is 32.1. The second-order valence-corrected chi connectivity index (χ2v) is 26.1. The summed E-state index contributed by atoms with van der Waals surface area (Å²) in [6, 6.07) is 7.11. The molecule has 1 aromatic heterocycles. The highest BCUT2D eigenvalue weighted by molar-refractivity contribution is 7.17. The maximum absolute atomic E-state index is 15.0. The molecule has 13 atom stereocenters. The quantitative estimate of drug-likeness (QED) is 0.0521. The Bertz CT molecular complexity index is 3270. The summed E-state index contributed by atoms with van der Waals surface area (Å²) in [5, 5.41) is 124. The van der Waals surface area contributed by atoms with Gasteiger partial charge in [0.25, 0.3) is 5.91 Å². The van der Waals surface area contributed by atoms with Crippen molar-refractivity contribution in [3.63, 3.8) is 0 Å². The molecule has 1 saturated carbocycles. The minimum absolute atomic E-state index is 0. The van der Waals surface area contributed by atoms with E-state index in [1.807, 2.05) is 12.1 Å². The summed E-state index contributed by atoms with van der Waals surface area (Å²) in [4.78, 5) is 109. The van der Waals surface area contributed by atoms with Crippen LogP contribution in [0.5, 0.6) is 11.5 Å². The third-order valence-corrected chi connectivity index (χ3v) is 19.5. The number of halogens is 2. The smallest absolute Gasteiger partial charge is 0.251 e. The summed E-state index contributed by atoms with van der Waals surface area (Å²) in [5.74, 6) is -8.80. The zero-order valence-electron chi connectivity index (χ0n) is 53.6. The van der Waals surface area contributed by atoms with Gasteiger partial charge in [-0.3, -0.25) is 38.5 Å². The Kier molecular flexibility index (Phi) is 27.9. The molecule has 32 heteroatoms. The number of aromatic hydroxyl groups is 1. The van der Waals surface area contributed by atoms with E-state index in [2.05, 4.69) is 64.0 Å². The van der Waals surface area contributed by atoms with Crippen molar-refractivity contribution in [2.45, 2.75) is 157 Å². The number of fused-ring (bicyclic) bond motifs is 2. The molecule has 96 heavy (non-hydrogen) atoms. The van der Waals surface area contributed by atoms with Gasteiger partial charge in [-0.15, -0.1) is 35.0 Å². The van der Waals surface area contributed by atoms with Crippen molar-refractivity contribution in [2.24, 2.45) is 5.92 Å². The number of hydrogen-bond donors (Lipinski definition) is 15. The number of aliphatic hydroxyl groups is 8. The van der Waals surface area contributed by atoms with Crippen molar-refractivity contribution >= 4 is 83.2 Å². The van der Waals surface area contributed by atoms with Crippen LogP contribution in [0.1, 0.15) is 81.1 Å². The molecule has 29 nitrogen and oxygen atoms in total. The number of nitrogens with one attached hydrogen (secondary N) is 6. The number of nitrogens with zero attached hydrogens (tertiary/aromatic N) is 6. The fourth-order valence-electron chi connectivity index (χ4n) is 13.0. The van der Waals surface area contributed by atoms with Crippen LogP contribution in [0.3, 0.4) is 0 Å². The molecule has 4 aromatic rings. The number of methoxy groups -OCH3 is 1. The van der Waals surface area contributed by atoms with Gasteiger partial charge in [0, 0.05) is 99.4 Å². The van der Waals surface area contributed by atoms with Crippen LogP contribution >= 0.6 is 36.2 Å². The standard InChI is InChI=1S/C64H88N12O17S.2ClH/c1-34-30-76-54(55(34)85)60(90)66-29-43(80)27-45(67-56(86)37-10-12-38(13-11-37)61-71-72-62(94-61)39-14-16-42(17-15-39)74-23-21-73(22-24-74)41-7-5-4-6-8-41)57(87)68-51(35(2)79)63(91)75-31-44(81)28-46(75)58(88)69-52(49(84)25-36-9-18-47(82)50(26-36)93-3)59(89)70-53(64(76)92)48(83)19-20-65-40(32-77)33-78;;/h9-18,26,34-35,40-41,43-46,48-49,51-55,65,77-85H,4-8,19-25,27-33H2,1-3H3,(H,66,90)(H,67,86)(H,68,87)(H,69,88)(H,70,89);2*1H/t34-,35+,43+,44+,45-,46-,48+,49+,51-,52-,53-,54-,55-;;/m0../s1. The molecule has 0 unspecified atom stereocenters. The maximum atomic E-state index is 15.0. The summed E-state index contributed by atoms with van der Waals surface area (Å²) >= 11 is 1.35. The minimum Gasteiger partial charge on any atom is -0.504 e. The van der Waals surface area contributed by atoms with Crippen molar-refractivity contribution < 1.29 is 84.3 Å². The number of hydrogen-bond acceptors (Lipinski definition) is 23. The van der Waals surface area contributed by atoms with E-state index in [0.717, 1.165) is 54.2 Å². The lowest BCUT2D eigenvalue weighted by atomic mass is 9.94. The molecule has 9 rings (SSSR count). The van der Waals surface area contributed by atoms with Gasteiger partial charge in [0.15, 0.2) is 11.5 Å². The number of amides is 7. The highest BCUT2D eigenvalue weighted by Crippen LogP contribution is 2.34. The lowest BCUT2D eigenvalue weighted by Gasteiger charge is -2.41. The number of benzene rings is 3. The number of rotatable bonds is 18. The van der Waals surface area contributed by atoms with E-state index in [0.29, 0.717) is 21.6 Å². The molecule has 0 spiro atoms. The number of carbonyl (C=O) groups excluding carboxylic acids is 7. The number of piperazine rings is 1. The molecule has 15 N–H and O–H groups in total. The highest BCUT2D eigenvalue weighted by Gasteiger charge is 2.50. The first-order chi connectivity index (χ1) is 45.0. The Morgan fingerprint density at radius 1 is 0.719 bits per heavy atom. The molecule has 5 fully saturated rings. The van der Waals surface area contributed by atoms with Gasteiger partial charge in [-0.05, 0) is 86.8 Å². The lowest BCUT2D eigenvalue weighted by molar-refractivity contribution is -0.147. The third kappa shape index (κ3) is 18.6. The second-order valence-electron chi connectivity index (χ2n) is 25.2. The number of aromatic nitrogens is 2. The fraction of sp³-hybridized carbons (Fsp3) is 0.578. The summed E-state index contributed by atoms with van der Waals surface area (Å²) in [6.45, 7) is 3.90. The number of phenols is 1. The summed E-state index contributed by atoms with van der Waals surface area (Å²) < 4.78 is 5.22. The zero-order valence-corrected chi connectivity index (χ0v) is 56.1. The van der Waals surface area contributed by atoms with Crippen LogP contribution in [0, 0.1) is 5.92 Å². The number of phenolic OH excluding ortho intramolecular Hbond substituents is 1. The lowest BCUT2D eigenvalue weighted by Crippen LogP contribution is -2.64. The van der Waals surface area contributed by atoms with Gasteiger partial charge in [-0.25, -0.2) is 0 Å². The van der Waals surface area contributed by atoms with Gasteiger partial charge in [0.2, 0.25) is 35.4 Å². The molecule has 5 heterocycles. The highest BCUT2D eigenvalue weighted by atomic mass is 35.5. The molecule has 0 radical (unpaired) electrons. The van der Waals surface area contributed by atoms with E-state index in [-0.39, 0.29) is 67.0 Å². The van der Waals surface area contributed by atoms with Gasteiger partial charge in [-0.2, -0.15) is 0 Å². The van der Waals surface area contributed by atoms with Gasteiger partial charge < -0.3 is 97.3 Å². The predicted molar refractivity (Wildman–Crippen MR) is 356 cm³/mol. The molecule has 5 aliphatic rings. The maximum Gasteiger partial charge on any atom is 0.251 e. The van der Waals surface area contributed by atoms with E-state index in [4.69, 9.17) is 4.74 Å². The second kappa shape index (κ2) is 35.0. The Labute approximate surface area is 572 Å². The summed E-state index contributed by atoms with van der Waals surface area (Å²) in [7, 11) is 1.27. The first kappa shape index (κ1) is 76.5. The van der Waals surface area contributed by atoms with Crippen molar-refractivity contribution in [2.75, 3.05) is 77.6 Å². The van der Waals surface area contributed by atoms with Crippen molar-refractivity contribution in [1.29, 1.82) is 0 Å². The van der Waals surface area contributed by atoms with Crippen LogP contribution in [0.15, 0.2) is 66.7 Å². The van der Waals surface area contributed by atoms with Gasteiger partial charge in [0.1, 0.15) is 46.3 Å². The Hall–Kier alpha value is -6.91. The van der Waals surface area contributed by atoms with Crippen LogP contribution in [0.25, 0.3) is 21.1 Å². The molecular weight excluding hydrogens is 1310 g/mol. The van der Waals surface area contributed by atoms with Gasteiger partial charge >= 0.3 is 0 Å². The Morgan fingerprint density at radius 3 is 1.96 bits per heavy atom. The summed E-state index contributed by atoms with van der Waals surface area (Å²) in [6.07, 6.45) is -5.65. The number of aliphatic hydroxyl groups excluding tert-OH is 8. The molecule has 4 aliphatic heterocycles. The van der Waals surface area contributed by atoms with E-state index >= 15 is 0 Å². The largest absolute Gasteiger partial charge is 0.504 e. The number of carbonyl (C=O) groups is 7. The predicted octanol–water partition coefficient (Wildman–Crippen LogP) is -1.83. The van der Waals surface area contributed by atoms with Gasteiger partial charge in [0.05, 0.1) is 63.0 Å². The average Bonchev–Trinajstić information content (AvgIpc) is 1.68. The van der Waals surface area contributed by atoms with Crippen molar-refractivity contribution in [3.8, 4) is 32.6 Å². The van der Waals surface area contributed by atoms with Crippen molar-refractivity contribution in [1.82, 2.24) is 56.8 Å². The topological polar surface area (TPSA) is 422 Å². The fourth-order valence-corrected chi connectivity index (χ4v) is 13.8. The summed E-state index contributed by atoms with van der Waals surface area (Å²) in [5.41, 5.74) is 2.93. The number of β-amino-alcohol motifs (C(OH)–C–C–N with tert-alkyl or cyclic N) is 1. The molecule has 528 valence electrons. The number of ether oxygens (including phenoxy) is 1. The van der Waals surface area contributed by atoms with E-state index < -0.39 is 172 Å². The van der Waals surface area contributed by atoms with E-state index in [9.17, 15) is 79.5 Å². The van der Waals surface area contributed by atoms with E-state index in [1.54, 1.807) is 12.1 Å². The Balaban J connectivity index is 0.00000650. The molecule has 7 amide bonds. The minimum atomic E-state index is -2.07. The van der Waals surface area contributed by atoms with Gasteiger partial charge in [-0.1, -0.05) is 55.7 Å². The Morgan fingerprint density at radius 2 is 1.33 bits per heavy atom. The van der Waals surface area contributed by atoms with Crippen LogP contribution in [-0.2, 0) is 35.2 Å². The molecule has 1 aliphatic carbocycles. The van der Waals surface area contributed by atoms with E-state index in [1.165, 1.54) is 87.8 Å². The van der Waals surface area contributed by atoms with Crippen LogP contribution in [0.2, 0.25) is 0 Å². The molecule has 3 aromatic carbocycles. The monoisotopic (exact) mass is 1400 g/mol. The zero-order chi connectivity index (χ0) is 67.5. The van der Waals surface area contributed by atoms with Crippen LogP contribution in [-0.4, -0.2) is 270 Å². The third-order valence-electron chi connectivity index (χ3n) is 18.5. The molecular formula is C64H90Cl2N12O17S. The van der Waals surface area contributed by atoms with Crippen LogP contribution < -0.4 is 41.5 Å². The van der Waals surface area contributed by atoms with Crippen molar-refractivity contribution in [3.05, 3.63) is 77.9 Å².